The van der Waals surface area contributed by atoms with Crippen molar-refractivity contribution in [2.75, 3.05) is 5.32 Å². The van der Waals surface area contributed by atoms with Gasteiger partial charge >= 0.3 is 0 Å². The van der Waals surface area contributed by atoms with E-state index in [2.05, 4.69) is 38.2 Å². The summed E-state index contributed by atoms with van der Waals surface area (Å²) < 4.78 is 0. The molecule has 0 spiro atoms. The van der Waals surface area contributed by atoms with Crippen LogP contribution in [-0.2, 0) is 0 Å². The van der Waals surface area contributed by atoms with Gasteiger partial charge in [0.25, 0.3) is 0 Å². The first-order valence-corrected chi connectivity index (χ1v) is 7.90. The van der Waals surface area contributed by atoms with Gasteiger partial charge in [0.1, 0.15) is 0 Å². The fourth-order valence-corrected chi connectivity index (χ4v) is 3.91. The Hall–Kier alpha value is -1.98. The quantitative estimate of drug-likeness (QED) is 0.746. The van der Waals surface area contributed by atoms with E-state index in [1.54, 1.807) is 0 Å². The number of anilines is 1. The van der Waals surface area contributed by atoms with E-state index in [9.17, 15) is 0 Å². The molecule has 0 radical (unpaired) electrons. The minimum Gasteiger partial charge on any atom is -0.380 e. The molecule has 2 nitrogen and oxygen atoms in total. The lowest BCUT2D eigenvalue weighted by Gasteiger charge is -2.38. The largest absolute Gasteiger partial charge is 0.380 e. The van der Waals surface area contributed by atoms with Gasteiger partial charge in [0.15, 0.2) is 0 Å². The molecule has 0 saturated heterocycles. The number of hydrogen-bond donors (Lipinski definition) is 1. The van der Waals surface area contributed by atoms with Gasteiger partial charge in [-0.15, -0.1) is 0 Å². The molecule has 0 aliphatic carbocycles. The SMILES string of the molecule is CC1CC(C)(C)Nc2ccc(-c3cccc(C#N)c3)c(Cl)c21. The van der Waals surface area contributed by atoms with E-state index in [1.165, 1.54) is 5.56 Å². The number of benzene rings is 2. The number of fused-ring (bicyclic) bond motifs is 1. The van der Waals surface area contributed by atoms with E-state index >= 15 is 0 Å². The van der Waals surface area contributed by atoms with E-state index in [-0.39, 0.29) is 5.54 Å². The highest BCUT2D eigenvalue weighted by Gasteiger charge is 2.31. The normalized spacial score (nSPS) is 19.0. The van der Waals surface area contributed by atoms with Crippen molar-refractivity contribution < 1.29 is 0 Å². The third-order valence-corrected chi connectivity index (χ3v) is 4.67. The van der Waals surface area contributed by atoms with Gasteiger partial charge in [0.2, 0.25) is 0 Å². The van der Waals surface area contributed by atoms with Crippen molar-refractivity contribution in [3.63, 3.8) is 0 Å². The molecule has 0 saturated carbocycles. The maximum absolute atomic E-state index is 9.08. The number of hydrogen-bond acceptors (Lipinski definition) is 2. The molecule has 22 heavy (non-hydrogen) atoms. The summed E-state index contributed by atoms with van der Waals surface area (Å²) in [4.78, 5) is 0. The lowest BCUT2D eigenvalue weighted by Crippen LogP contribution is -2.36. The number of nitriles is 1. The average Bonchev–Trinajstić information content (AvgIpc) is 2.45. The molecule has 3 rings (SSSR count). The molecule has 1 aliphatic heterocycles. The summed E-state index contributed by atoms with van der Waals surface area (Å²) in [6.45, 7) is 6.65. The van der Waals surface area contributed by atoms with Crippen molar-refractivity contribution in [3.05, 3.63) is 52.5 Å². The molecule has 1 atom stereocenters. The van der Waals surface area contributed by atoms with Gasteiger partial charge in [-0.2, -0.15) is 5.26 Å². The third kappa shape index (κ3) is 2.58. The molecule has 0 aromatic heterocycles. The van der Waals surface area contributed by atoms with Gasteiger partial charge in [0, 0.05) is 16.8 Å². The highest BCUT2D eigenvalue weighted by molar-refractivity contribution is 6.34. The third-order valence-electron chi connectivity index (χ3n) is 4.26. The molecule has 3 heteroatoms. The molecule has 0 bridgehead atoms. The molecule has 2 aromatic carbocycles. The van der Waals surface area contributed by atoms with E-state index in [0.29, 0.717) is 11.5 Å². The highest BCUT2D eigenvalue weighted by Crippen LogP contribution is 2.45. The van der Waals surface area contributed by atoms with E-state index < -0.39 is 0 Å². The van der Waals surface area contributed by atoms with Crippen molar-refractivity contribution in [2.24, 2.45) is 0 Å². The number of nitrogens with zero attached hydrogens (tertiary/aromatic N) is 1. The van der Waals surface area contributed by atoms with Crippen molar-refractivity contribution in [1.29, 1.82) is 5.26 Å². The molecule has 0 fully saturated rings. The Labute approximate surface area is 136 Å². The van der Waals surface area contributed by atoms with Crippen molar-refractivity contribution >= 4 is 17.3 Å². The highest BCUT2D eigenvalue weighted by atomic mass is 35.5. The first kappa shape index (κ1) is 14.9. The monoisotopic (exact) mass is 310 g/mol. The topological polar surface area (TPSA) is 35.8 Å². The Morgan fingerprint density at radius 2 is 2.05 bits per heavy atom. The second kappa shape index (κ2) is 5.34. The molecular weight excluding hydrogens is 292 g/mol. The van der Waals surface area contributed by atoms with Gasteiger partial charge < -0.3 is 5.32 Å². The zero-order valence-corrected chi connectivity index (χ0v) is 13.8. The number of rotatable bonds is 1. The Morgan fingerprint density at radius 3 is 2.77 bits per heavy atom. The minimum atomic E-state index is 0.0813. The fourth-order valence-electron chi connectivity index (χ4n) is 3.45. The summed E-state index contributed by atoms with van der Waals surface area (Å²) in [7, 11) is 0. The molecule has 1 unspecified atom stereocenters. The van der Waals surface area contributed by atoms with Crippen LogP contribution in [-0.4, -0.2) is 5.54 Å². The van der Waals surface area contributed by atoms with Crippen LogP contribution >= 0.6 is 11.6 Å². The van der Waals surface area contributed by atoms with Gasteiger partial charge in [-0.3, -0.25) is 0 Å². The average molecular weight is 311 g/mol. The summed E-state index contributed by atoms with van der Waals surface area (Å²) in [6, 6.07) is 13.9. The van der Waals surface area contributed by atoms with E-state index in [0.717, 1.165) is 28.3 Å². The summed E-state index contributed by atoms with van der Waals surface area (Å²) in [5.74, 6) is 0.401. The van der Waals surface area contributed by atoms with Crippen LogP contribution in [0, 0.1) is 11.3 Å². The Kier molecular flexibility index (Phi) is 3.62. The van der Waals surface area contributed by atoms with E-state index in [4.69, 9.17) is 16.9 Å². The van der Waals surface area contributed by atoms with Gasteiger partial charge in [0.05, 0.1) is 16.7 Å². The van der Waals surface area contributed by atoms with Crippen LogP contribution in [0.5, 0.6) is 0 Å². The summed E-state index contributed by atoms with van der Waals surface area (Å²) in [5, 5.41) is 13.4. The molecule has 0 amide bonds. The minimum absolute atomic E-state index is 0.0813. The fraction of sp³-hybridized carbons (Fsp3) is 0.316. The maximum Gasteiger partial charge on any atom is 0.0991 e. The Bertz CT molecular complexity index is 771. The van der Waals surface area contributed by atoms with Crippen LogP contribution in [0.15, 0.2) is 36.4 Å². The van der Waals surface area contributed by atoms with Gasteiger partial charge in [-0.05, 0) is 55.5 Å². The molecule has 112 valence electrons. The van der Waals surface area contributed by atoms with Crippen LogP contribution < -0.4 is 5.32 Å². The van der Waals surface area contributed by atoms with E-state index in [1.807, 2.05) is 30.3 Å². The lowest BCUT2D eigenvalue weighted by atomic mass is 9.81. The van der Waals surface area contributed by atoms with Crippen LogP contribution in [0.1, 0.15) is 44.2 Å². The van der Waals surface area contributed by atoms with Crippen molar-refractivity contribution in [3.8, 4) is 17.2 Å². The van der Waals surface area contributed by atoms with Crippen LogP contribution in [0.25, 0.3) is 11.1 Å². The van der Waals surface area contributed by atoms with Crippen molar-refractivity contribution in [2.45, 2.75) is 38.6 Å². The van der Waals surface area contributed by atoms with Crippen LogP contribution in [0.2, 0.25) is 5.02 Å². The smallest absolute Gasteiger partial charge is 0.0991 e. The predicted octanol–water partition coefficient (Wildman–Crippen LogP) is 5.58. The molecule has 1 heterocycles. The molecule has 1 N–H and O–H groups in total. The maximum atomic E-state index is 9.08. The van der Waals surface area contributed by atoms with Crippen molar-refractivity contribution in [1.82, 2.24) is 0 Å². The predicted molar refractivity (Wildman–Crippen MR) is 92.3 cm³/mol. The van der Waals surface area contributed by atoms with Crippen LogP contribution in [0.4, 0.5) is 5.69 Å². The molecular formula is C19H19ClN2. The van der Waals surface area contributed by atoms with Gasteiger partial charge in [-0.1, -0.05) is 36.7 Å². The first-order chi connectivity index (χ1) is 10.4. The Morgan fingerprint density at radius 1 is 1.27 bits per heavy atom. The molecule has 2 aromatic rings. The second-order valence-corrected chi connectivity index (χ2v) is 7.07. The van der Waals surface area contributed by atoms with Crippen LogP contribution in [0.3, 0.4) is 0 Å². The summed E-state index contributed by atoms with van der Waals surface area (Å²) >= 11 is 6.72. The zero-order chi connectivity index (χ0) is 15.9. The lowest BCUT2D eigenvalue weighted by molar-refractivity contribution is 0.454. The number of nitrogens with one attached hydrogen (secondary N) is 1. The first-order valence-electron chi connectivity index (χ1n) is 7.52. The second-order valence-electron chi connectivity index (χ2n) is 6.70. The molecule has 1 aliphatic rings. The summed E-state index contributed by atoms with van der Waals surface area (Å²) in [6.07, 6.45) is 1.04. The zero-order valence-electron chi connectivity index (χ0n) is 13.1. The number of halogens is 1. The standard InChI is InChI=1S/C19H19ClN2/c1-12-10-19(2,3)22-16-8-7-15(18(20)17(12)16)14-6-4-5-13(9-14)11-21/h4-9,12,22H,10H2,1-3H3. The van der Waals surface area contributed by atoms with Gasteiger partial charge in [-0.25, -0.2) is 0 Å². The summed E-state index contributed by atoms with van der Waals surface area (Å²) in [5.41, 5.74) is 5.01. The Balaban J connectivity index is 2.13.